The molecule has 1 fully saturated rings. The van der Waals surface area contributed by atoms with Crippen LogP contribution in [-0.2, 0) is 13.2 Å². The van der Waals surface area contributed by atoms with Gasteiger partial charge in [-0.25, -0.2) is 0 Å². The van der Waals surface area contributed by atoms with E-state index in [2.05, 4.69) is 19.2 Å². The quantitative estimate of drug-likeness (QED) is 0.775. The average Bonchev–Trinajstić information content (AvgIpc) is 2.44. The topological polar surface area (TPSA) is 52.5 Å². The molecule has 1 saturated carbocycles. The number of hydrogen-bond acceptors (Lipinski definition) is 3. The molecular formula is C17H27NO2. The molecule has 1 aromatic carbocycles. The third-order valence-corrected chi connectivity index (χ3v) is 4.52. The molecule has 20 heavy (non-hydrogen) atoms. The predicted octanol–water partition coefficient (Wildman–Crippen LogP) is 2.60. The highest BCUT2D eigenvalue weighted by Crippen LogP contribution is 2.39. The first-order valence-corrected chi connectivity index (χ1v) is 7.54. The van der Waals surface area contributed by atoms with Gasteiger partial charge < -0.3 is 15.5 Å². The lowest BCUT2D eigenvalue weighted by Gasteiger charge is -2.40. The first-order chi connectivity index (χ1) is 9.42. The highest BCUT2D eigenvalue weighted by atomic mass is 16.3. The smallest absolute Gasteiger partial charge is 0.0772 e. The summed E-state index contributed by atoms with van der Waals surface area (Å²) in [4.78, 5) is 0. The maximum absolute atomic E-state index is 10.6. The standard InChI is InChI=1S/C17H27NO2/c1-16(2)7-9-17(20,10-8-16)13-18-11-14-3-5-15(12-19)6-4-14/h3-6,18-20H,7-13H2,1-2H3. The molecular weight excluding hydrogens is 250 g/mol. The highest BCUT2D eigenvalue weighted by Gasteiger charge is 2.36. The molecule has 0 unspecified atom stereocenters. The van der Waals surface area contributed by atoms with Crippen molar-refractivity contribution in [3.63, 3.8) is 0 Å². The van der Waals surface area contributed by atoms with Crippen LogP contribution < -0.4 is 5.32 Å². The fraction of sp³-hybridized carbons (Fsp3) is 0.647. The Morgan fingerprint density at radius 1 is 1.00 bits per heavy atom. The number of hydrogen-bond donors (Lipinski definition) is 3. The van der Waals surface area contributed by atoms with Crippen molar-refractivity contribution in [1.82, 2.24) is 5.32 Å². The second-order valence-electron chi connectivity index (χ2n) is 6.97. The van der Waals surface area contributed by atoms with Gasteiger partial charge in [-0.15, -0.1) is 0 Å². The molecule has 0 spiro atoms. The number of benzene rings is 1. The van der Waals surface area contributed by atoms with Crippen molar-refractivity contribution < 1.29 is 10.2 Å². The molecule has 1 aromatic rings. The number of aliphatic hydroxyl groups is 2. The lowest BCUT2D eigenvalue weighted by atomic mass is 9.71. The Morgan fingerprint density at radius 3 is 2.10 bits per heavy atom. The van der Waals surface area contributed by atoms with Crippen molar-refractivity contribution in [3.8, 4) is 0 Å². The second kappa shape index (κ2) is 6.25. The summed E-state index contributed by atoms with van der Waals surface area (Å²) in [6.45, 7) is 6.07. The molecule has 112 valence electrons. The van der Waals surface area contributed by atoms with Crippen LogP contribution >= 0.6 is 0 Å². The van der Waals surface area contributed by atoms with E-state index in [1.165, 1.54) is 5.56 Å². The Hall–Kier alpha value is -0.900. The van der Waals surface area contributed by atoms with Crippen LogP contribution in [0.1, 0.15) is 50.7 Å². The van der Waals surface area contributed by atoms with E-state index in [0.29, 0.717) is 12.0 Å². The van der Waals surface area contributed by atoms with Gasteiger partial charge in [-0.1, -0.05) is 38.1 Å². The molecule has 0 heterocycles. The van der Waals surface area contributed by atoms with Gasteiger partial charge in [0.2, 0.25) is 0 Å². The molecule has 0 aromatic heterocycles. The number of nitrogens with one attached hydrogen (secondary N) is 1. The molecule has 0 amide bonds. The van der Waals surface area contributed by atoms with Crippen LogP contribution in [0.15, 0.2) is 24.3 Å². The normalized spacial score (nSPS) is 20.8. The monoisotopic (exact) mass is 277 g/mol. The van der Waals surface area contributed by atoms with Crippen LogP contribution in [0.25, 0.3) is 0 Å². The molecule has 3 heteroatoms. The van der Waals surface area contributed by atoms with Crippen molar-refractivity contribution in [2.24, 2.45) is 5.41 Å². The zero-order valence-corrected chi connectivity index (χ0v) is 12.7. The summed E-state index contributed by atoms with van der Waals surface area (Å²) in [6.07, 6.45) is 3.96. The van der Waals surface area contributed by atoms with E-state index in [4.69, 9.17) is 5.11 Å². The van der Waals surface area contributed by atoms with Crippen molar-refractivity contribution in [3.05, 3.63) is 35.4 Å². The average molecular weight is 277 g/mol. The third kappa shape index (κ3) is 4.30. The van der Waals surface area contributed by atoms with Gasteiger partial charge in [0.05, 0.1) is 12.2 Å². The van der Waals surface area contributed by atoms with E-state index in [1.54, 1.807) is 0 Å². The van der Waals surface area contributed by atoms with Gasteiger partial charge in [0.15, 0.2) is 0 Å². The summed E-state index contributed by atoms with van der Waals surface area (Å²) in [5.74, 6) is 0. The Balaban J connectivity index is 1.77. The first-order valence-electron chi connectivity index (χ1n) is 7.54. The van der Waals surface area contributed by atoms with Gasteiger partial charge in [0.1, 0.15) is 0 Å². The molecule has 3 N–H and O–H groups in total. The zero-order valence-electron chi connectivity index (χ0n) is 12.7. The molecule has 1 aliphatic rings. The van der Waals surface area contributed by atoms with Gasteiger partial charge in [-0.3, -0.25) is 0 Å². The molecule has 0 bridgehead atoms. The fourth-order valence-corrected chi connectivity index (χ4v) is 2.77. The maximum Gasteiger partial charge on any atom is 0.0772 e. The zero-order chi connectivity index (χ0) is 14.6. The van der Waals surface area contributed by atoms with Crippen molar-refractivity contribution in [1.29, 1.82) is 0 Å². The highest BCUT2D eigenvalue weighted by molar-refractivity contribution is 5.21. The molecule has 1 aliphatic carbocycles. The summed E-state index contributed by atoms with van der Waals surface area (Å²) in [5, 5.41) is 22.9. The van der Waals surface area contributed by atoms with Gasteiger partial charge in [0, 0.05) is 13.1 Å². The van der Waals surface area contributed by atoms with Crippen LogP contribution in [-0.4, -0.2) is 22.4 Å². The lowest BCUT2D eigenvalue weighted by Crippen LogP contribution is -2.44. The molecule has 0 atom stereocenters. The van der Waals surface area contributed by atoms with E-state index >= 15 is 0 Å². The molecule has 0 saturated heterocycles. The summed E-state index contributed by atoms with van der Waals surface area (Å²) >= 11 is 0. The molecule has 3 nitrogen and oxygen atoms in total. The Morgan fingerprint density at radius 2 is 1.55 bits per heavy atom. The van der Waals surface area contributed by atoms with Crippen molar-refractivity contribution >= 4 is 0 Å². The lowest BCUT2D eigenvalue weighted by molar-refractivity contribution is -0.0245. The largest absolute Gasteiger partial charge is 0.392 e. The second-order valence-corrected chi connectivity index (χ2v) is 6.97. The van der Waals surface area contributed by atoms with Crippen LogP contribution in [0.4, 0.5) is 0 Å². The Bertz CT molecular complexity index is 415. The third-order valence-electron chi connectivity index (χ3n) is 4.52. The maximum atomic E-state index is 10.6. The van der Waals surface area contributed by atoms with E-state index < -0.39 is 5.60 Å². The minimum atomic E-state index is -0.541. The van der Waals surface area contributed by atoms with Crippen LogP contribution in [0.2, 0.25) is 0 Å². The van der Waals surface area contributed by atoms with Crippen LogP contribution in [0.3, 0.4) is 0 Å². The van der Waals surface area contributed by atoms with E-state index in [0.717, 1.165) is 37.8 Å². The summed E-state index contributed by atoms with van der Waals surface area (Å²) in [6, 6.07) is 7.92. The van der Waals surface area contributed by atoms with Crippen molar-refractivity contribution in [2.75, 3.05) is 6.54 Å². The Kier molecular flexibility index (Phi) is 4.84. The van der Waals surface area contributed by atoms with Gasteiger partial charge >= 0.3 is 0 Å². The van der Waals surface area contributed by atoms with Gasteiger partial charge in [-0.2, -0.15) is 0 Å². The number of rotatable bonds is 5. The van der Waals surface area contributed by atoms with E-state index in [1.807, 2.05) is 24.3 Å². The minimum absolute atomic E-state index is 0.0866. The Labute approximate surface area is 122 Å². The molecule has 2 rings (SSSR count). The van der Waals surface area contributed by atoms with Crippen LogP contribution in [0, 0.1) is 5.41 Å². The number of aliphatic hydroxyl groups excluding tert-OH is 1. The SMILES string of the molecule is CC1(C)CCC(O)(CNCc2ccc(CO)cc2)CC1. The van der Waals surface area contributed by atoms with Crippen LogP contribution in [0.5, 0.6) is 0 Å². The van der Waals surface area contributed by atoms with E-state index in [9.17, 15) is 5.11 Å². The first kappa shape index (κ1) is 15.5. The molecule has 0 aliphatic heterocycles. The van der Waals surface area contributed by atoms with Gasteiger partial charge in [-0.05, 0) is 42.2 Å². The minimum Gasteiger partial charge on any atom is -0.392 e. The summed E-state index contributed by atoms with van der Waals surface area (Å²) in [7, 11) is 0. The van der Waals surface area contributed by atoms with Crippen molar-refractivity contribution in [2.45, 2.75) is 58.3 Å². The summed E-state index contributed by atoms with van der Waals surface area (Å²) < 4.78 is 0. The van der Waals surface area contributed by atoms with E-state index in [-0.39, 0.29) is 6.61 Å². The molecule has 0 radical (unpaired) electrons. The summed E-state index contributed by atoms with van der Waals surface area (Å²) in [5.41, 5.74) is 1.95. The fourth-order valence-electron chi connectivity index (χ4n) is 2.77. The van der Waals surface area contributed by atoms with Gasteiger partial charge in [0.25, 0.3) is 0 Å². The predicted molar refractivity (Wildman–Crippen MR) is 81.3 cm³/mol.